The van der Waals surface area contributed by atoms with Crippen molar-refractivity contribution in [1.82, 2.24) is 15.2 Å². The average Bonchev–Trinajstić information content (AvgIpc) is 3.23. The zero-order valence-electron chi connectivity index (χ0n) is 17.0. The van der Waals surface area contributed by atoms with Crippen molar-refractivity contribution in [3.8, 4) is 0 Å². The number of nitrogens with one attached hydrogen (secondary N) is 3. The fourth-order valence-electron chi connectivity index (χ4n) is 2.74. The second-order valence-electron chi connectivity index (χ2n) is 6.30. The van der Waals surface area contributed by atoms with Gasteiger partial charge in [0.15, 0.2) is 0 Å². The van der Waals surface area contributed by atoms with Gasteiger partial charge in [0, 0.05) is 24.5 Å². The lowest BCUT2D eigenvalue weighted by atomic mass is 10.2. The first-order valence-corrected chi connectivity index (χ1v) is 10.7. The molecule has 30 heavy (non-hydrogen) atoms. The Hall–Kier alpha value is -3.33. The molecule has 3 aromatic rings. The van der Waals surface area contributed by atoms with Crippen molar-refractivity contribution in [2.24, 2.45) is 5.10 Å². The molecule has 3 N–H and O–H groups in total. The van der Waals surface area contributed by atoms with Gasteiger partial charge in [-0.25, -0.2) is 10.5 Å². The number of para-hydroxylation sites is 1. The van der Waals surface area contributed by atoms with E-state index >= 15 is 0 Å². The molecule has 0 saturated carbocycles. The standard InChI is InChI=1S/C21H25N7OS/c1-3-28(4-2)18-12-10-16(11-13-18)14-22-25-20-24-21(27-26-20)30-15-19(29)23-17-8-6-5-7-9-17/h5-14H,3-4,15H2,1-2H3,(H,23,29)(H2,24,25,26,27)/b22-14-. The van der Waals surface area contributed by atoms with Crippen molar-refractivity contribution < 1.29 is 4.79 Å². The number of nitrogens with zero attached hydrogens (tertiary/aromatic N) is 4. The van der Waals surface area contributed by atoms with Gasteiger partial charge in [-0.05, 0) is 43.7 Å². The number of rotatable bonds is 10. The summed E-state index contributed by atoms with van der Waals surface area (Å²) in [4.78, 5) is 18.5. The summed E-state index contributed by atoms with van der Waals surface area (Å²) in [5, 5.41) is 14.3. The minimum absolute atomic E-state index is 0.114. The quantitative estimate of drug-likeness (QED) is 0.260. The van der Waals surface area contributed by atoms with E-state index in [9.17, 15) is 4.79 Å². The number of thioether (sulfide) groups is 1. The van der Waals surface area contributed by atoms with Gasteiger partial charge >= 0.3 is 0 Å². The van der Waals surface area contributed by atoms with Crippen LogP contribution in [0.3, 0.4) is 0 Å². The Bertz CT molecular complexity index is 953. The molecular weight excluding hydrogens is 398 g/mol. The summed E-state index contributed by atoms with van der Waals surface area (Å²) in [6.45, 7) is 6.24. The number of aromatic nitrogens is 3. The van der Waals surface area contributed by atoms with Gasteiger partial charge in [-0.1, -0.05) is 42.1 Å². The molecule has 0 aliphatic carbocycles. The summed E-state index contributed by atoms with van der Waals surface area (Å²) in [6, 6.07) is 17.5. The predicted molar refractivity (Wildman–Crippen MR) is 123 cm³/mol. The molecule has 156 valence electrons. The predicted octanol–water partition coefficient (Wildman–Crippen LogP) is 3.83. The Labute approximate surface area is 180 Å². The third kappa shape index (κ3) is 6.35. The molecule has 1 heterocycles. The summed E-state index contributed by atoms with van der Waals surface area (Å²) >= 11 is 1.24. The lowest BCUT2D eigenvalue weighted by molar-refractivity contribution is -0.113. The average molecular weight is 424 g/mol. The normalized spacial score (nSPS) is 10.9. The minimum atomic E-state index is -0.114. The Kier molecular flexibility index (Phi) is 7.85. The number of hydrogen-bond donors (Lipinski definition) is 3. The van der Waals surface area contributed by atoms with Crippen LogP contribution in [0.15, 0.2) is 64.9 Å². The van der Waals surface area contributed by atoms with E-state index in [4.69, 9.17) is 0 Å². The lowest BCUT2D eigenvalue weighted by Gasteiger charge is -2.20. The SMILES string of the molecule is CCN(CC)c1ccc(/C=N\Nc2nc(SCC(=O)Nc3ccccc3)n[nH]2)cc1. The van der Waals surface area contributed by atoms with Gasteiger partial charge in [0.1, 0.15) is 0 Å². The van der Waals surface area contributed by atoms with E-state index in [2.05, 4.69) is 61.9 Å². The van der Waals surface area contributed by atoms with Crippen LogP contribution in [0.4, 0.5) is 17.3 Å². The molecule has 8 nitrogen and oxygen atoms in total. The zero-order chi connectivity index (χ0) is 21.2. The second-order valence-corrected chi connectivity index (χ2v) is 7.25. The summed E-state index contributed by atoms with van der Waals surface area (Å²) in [5.74, 6) is 0.516. The monoisotopic (exact) mass is 423 g/mol. The van der Waals surface area contributed by atoms with Gasteiger partial charge < -0.3 is 10.2 Å². The topological polar surface area (TPSA) is 98.3 Å². The molecule has 9 heteroatoms. The fraction of sp³-hybridized carbons (Fsp3) is 0.238. The van der Waals surface area contributed by atoms with Crippen LogP contribution < -0.4 is 15.6 Å². The number of anilines is 3. The number of carbonyl (C=O) groups is 1. The Balaban J connectivity index is 1.45. The maximum atomic E-state index is 12.0. The van der Waals surface area contributed by atoms with Crippen LogP contribution in [0.25, 0.3) is 0 Å². The Morgan fingerprint density at radius 2 is 1.87 bits per heavy atom. The molecule has 0 fully saturated rings. The molecular formula is C21H25N7OS. The van der Waals surface area contributed by atoms with Crippen LogP contribution in [0.5, 0.6) is 0 Å². The van der Waals surface area contributed by atoms with Gasteiger partial charge in [0.05, 0.1) is 12.0 Å². The molecule has 0 unspecified atom stereocenters. The molecule has 1 aromatic heterocycles. The van der Waals surface area contributed by atoms with Crippen molar-refractivity contribution in [2.75, 3.05) is 34.5 Å². The molecule has 0 saturated heterocycles. The number of aromatic amines is 1. The van der Waals surface area contributed by atoms with Crippen LogP contribution in [-0.2, 0) is 4.79 Å². The van der Waals surface area contributed by atoms with E-state index in [1.165, 1.54) is 17.4 Å². The lowest BCUT2D eigenvalue weighted by Crippen LogP contribution is -2.21. The van der Waals surface area contributed by atoms with Crippen LogP contribution in [-0.4, -0.2) is 46.1 Å². The van der Waals surface area contributed by atoms with E-state index in [1.807, 2.05) is 42.5 Å². The largest absolute Gasteiger partial charge is 0.372 e. The summed E-state index contributed by atoms with van der Waals surface area (Å²) in [6.07, 6.45) is 1.72. The molecule has 3 rings (SSSR count). The highest BCUT2D eigenvalue weighted by Crippen LogP contribution is 2.16. The minimum Gasteiger partial charge on any atom is -0.372 e. The molecule has 0 aliphatic rings. The van der Waals surface area contributed by atoms with E-state index in [0.29, 0.717) is 11.1 Å². The second kappa shape index (κ2) is 11.0. The van der Waals surface area contributed by atoms with Gasteiger partial charge in [-0.2, -0.15) is 10.1 Å². The van der Waals surface area contributed by atoms with Crippen LogP contribution >= 0.6 is 11.8 Å². The highest BCUT2D eigenvalue weighted by Gasteiger charge is 2.08. The summed E-state index contributed by atoms with van der Waals surface area (Å²) < 4.78 is 0. The molecule has 0 atom stereocenters. The van der Waals surface area contributed by atoms with E-state index < -0.39 is 0 Å². The van der Waals surface area contributed by atoms with Crippen molar-refractivity contribution in [2.45, 2.75) is 19.0 Å². The Morgan fingerprint density at radius 3 is 2.57 bits per heavy atom. The summed E-state index contributed by atoms with van der Waals surface area (Å²) in [7, 11) is 0. The number of hydrazone groups is 1. The van der Waals surface area contributed by atoms with Crippen LogP contribution in [0.1, 0.15) is 19.4 Å². The molecule has 0 aliphatic heterocycles. The molecule has 0 spiro atoms. The van der Waals surface area contributed by atoms with E-state index in [1.54, 1.807) is 6.21 Å². The van der Waals surface area contributed by atoms with Gasteiger partial charge in [-0.15, -0.1) is 5.10 Å². The maximum Gasteiger partial charge on any atom is 0.240 e. The van der Waals surface area contributed by atoms with Crippen molar-refractivity contribution in [3.63, 3.8) is 0 Å². The Morgan fingerprint density at radius 1 is 1.13 bits per heavy atom. The number of amides is 1. The molecule has 0 bridgehead atoms. The van der Waals surface area contributed by atoms with Crippen LogP contribution in [0, 0.1) is 0 Å². The number of benzene rings is 2. The van der Waals surface area contributed by atoms with E-state index in [0.717, 1.165) is 24.3 Å². The first-order chi connectivity index (χ1) is 14.7. The molecule has 1 amide bonds. The third-order valence-corrected chi connectivity index (χ3v) is 5.11. The molecule has 2 aromatic carbocycles. The number of hydrogen-bond acceptors (Lipinski definition) is 7. The van der Waals surface area contributed by atoms with Gasteiger partial charge in [-0.3, -0.25) is 4.79 Å². The smallest absolute Gasteiger partial charge is 0.240 e. The van der Waals surface area contributed by atoms with Gasteiger partial charge in [0.2, 0.25) is 17.0 Å². The highest BCUT2D eigenvalue weighted by atomic mass is 32.2. The third-order valence-electron chi connectivity index (χ3n) is 4.26. The molecule has 0 radical (unpaired) electrons. The van der Waals surface area contributed by atoms with Crippen molar-refractivity contribution >= 4 is 41.2 Å². The van der Waals surface area contributed by atoms with E-state index in [-0.39, 0.29) is 11.7 Å². The number of H-pyrrole nitrogens is 1. The van der Waals surface area contributed by atoms with Crippen molar-refractivity contribution in [3.05, 3.63) is 60.2 Å². The summed E-state index contributed by atoms with van der Waals surface area (Å²) in [5.41, 5.74) is 5.75. The van der Waals surface area contributed by atoms with Crippen LogP contribution in [0.2, 0.25) is 0 Å². The maximum absolute atomic E-state index is 12.0. The first kappa shape index (κ1) is 21.4. The highest BCUT2D eigenvalue weighted by molar-refractivity contribution is 7.99. The van der Waals surface area contributed by atoms with Crippen molar-refractivity contribution in [1.29, 1.82) is 0 Å². The fourth-order valence-corrected chi connectivity index (χ4v) is 3.34. The zero-order valence-corrected chi connectivity index (χ0v) is 17.8. The van der Waals surface area contributed by atoms with Gasteiger partial charge in [0.25, 0.3) is 0 Å². The first-order valence-electron chi connectivity index (χ1n) is 9.72. The number of carbonyl (C=O) groups excluding carboxylic acids is 1.